The Kier molecular flexibility index (Phi) is 29.3. The van der Waals surface area contributed by atoms with E-state index >= 15 is 0 Å². The molecule has 0 nitrogen and oxygen atoms in total. The predicted octanol–water partition coefficient (Wildman–Crippen LogP) is 7.86. The summed E-state index contributed by atoms with van der Waals surface area (Å²) in [6.45, 7) is 17.8. The fraction of sp³-hybridized carbons (Fsp3) is 1.00. The zero-order chi connectivity index (χ0) is 15.5. The Balaban J connectivity index is -0.000000214. The van der Waals surface area contributed by atoms with E-state index in [-0.39, 0.29) is 0 Å². The van der Waals surface area contributed by atoms with Crippen LogP contribution in [0.1, 0.15) is 113 Å². The van der Waals surface area contributed by atoms with Crippen LogP contribution in [-0.2, 0) is 0 Å². The van der Waals surface area contributed by atoms with Crippen molar-refractivity contribution in [2.75, 3.05) is 0 Å². The van der Waals surface area contributed by atoms with Gasteiger partial charge in [0.25, 0.3) is 0 Å². The Morgan fingerprint density at radius 3 is 1.11 bits per heavy atom. The quantitative estimate of drug-likeness (QED) is 0.394. The lowest BCUT2D eigenvalue weighted by Gasteiger charge is -2.00. The maximum atomic E-state index is 2.29. The fourth-order valence-electron chi connectivity index (χ4n) is 1.48. The maximum Gasteiger partial charge on any atom is -0.0471 e. The number of unbranched alkanes of at least 4 members (excludes halogenated alkanes) is 6. The van der Waals surface area contributed by atoms with Crippen molar-refractivity contribution < 1.29 is 0 Å². The Hall–Kier alpha value is 0. The van der Waals surface area contributed by atoms with Crippen molar-refractivity contribution >= 4 is 0 Å². The predicted molar refractivity (Wildman–Crippen MR) is 93.9 cm³/mol. The van der Waals surface area contributed by atoms with Gasteiger partial charge in [0.15, 0.2) is 0 Å². The van der Waals surface area contributed by atoms with Gasteiger partial charge in [-0.1, -0.05) is 113 Å². The highest BCUT2D eigenvalue weighted by Crippen LogP contribution is 2.06. The summed E-state index contributed by atoms with van der Waals surface area (Å²) in [5.41, 5.74) is 0. The van der Waals surface area contributed by atoms with Gasteiger partial charge in [-0.2, -0.15) is 0 Å². The molecular formula is C19H44. The van der Waals surface area contributed by atoms with E-state index in [9.17, 15) is 0 Å². The van der Waals surface area contributed by atoms with Crippen LogP contribution in [0.5, 0.6) is 0 Å². The molecule has 120 valence electrons. The standard InChI is InChI=1S/C8H18.C7H16.C4H10/c1-4-5-6-7-8(2)3;1-3-5-7-6-4-2;1-4(2)3/h8H,4-7H2,1-3H3;3-7H2,1-2H3;4H,1-3H3. The third-order valence-electron chi connectivity index (χ3n) is 2.59. The van der Waals surface area contributed by atoms with E-state index in [1.54, 1.807) is 0 Å². The molecular weight excluding hydrogens is 228 g/mol. The van der Waals surface area contributed by atoms with E-state index in [4.69, 9.17) is 0 Å². The molecule has 0 bridgehead atoms. The highest BCUT2D eigenvalue weighted by molar-refractivity contribution is 4.44. The molecule has 0 heteroatoms. The van der Waals surface area contributed by atoms with Crippen LogP contribution in [0.25, 0.3) is 0 Å². The molecule has 0 aliphatic heterocycles. The normalized spacial score (nSPS) is 9.79. The van der Waals surface area contributed by atoms with Crippen LogP contribution in [0, 0.1) is 11.8 Å². The second kappa shape index (κ2) is 23.1. The Morgan fingerprint density at radius 1 is 0.526 bits per heavy atom. The minimum atomic E-state index is 0.833. The molecule has 0 aliphatic rings. The first kappa shape index (κ1) is 24.0. The first-order valence-corrected chi connectivity index (χ1v) is 8.92. The van der Waals surface area contributed by atoms with Crippen molar-refractivity contribution in [1.82, 2.24) is 0 Å². The molecule has 0 radical (unpaired) electrons. The van der Waals surface area contributed by atoms with Crippen molar-refractivity contribution in [2.45, 2.75) is 113 Å². The lowest BCUT2D eigenvalue weighted by atomic mass is 10.1. The van der Waals surface area contributed by atoms with E-state index in [0.29, 0.717) is 0 Å². The average molecular weight is 273 g/mol. The van der Waals surface area contributed by atoms with E-state index in [1.807, 2.05) is 0 Å². The van der Waals surface area contributed by atoms with Gasteiger partial charge in [0.05, 0.1) is 0 Å². The summed E-state index contributed by atoms with van der Waals surface area (Å²) < 4.78 is 0. The summed E-state index contributed by atoms with van der Waals surface area (Å²) >= 11 is 0. The third-order valence-corrected chi connectivity index (χ3v) is 2.59. The summed E-state index contributed by atoms with van der Waals surface area (Å²) in [6.07, 6.45) is 12.6. The molecule has 0 spiro atoms. The largest absolute Gasteiger partial charge is 0.0654 e. The van der Waals surface area contributed by atoms with Gasteiger partial charge >= 0.3 is 0 Å². The summed E-state index contributed by atoms with van der Waals surface area (Å²) in [4.78, 5) is 0. The van der Waals surface area contributed by atoms with Crippen LogP contribution in [-0.4, -0.2) is 0 Å². The van der Waals surface area contributed by atoms with Crippen LogP contribution >= 0.6 is 0 Å². The first-order chi connectivity index (χ1) is 8.92. The minimum absolute atomic E-state index is 0.833. The lowest BCUT2D eigenvalue weighted by Crippen LogP contribution is -1.85. The second-order valence-electron chi connectivity index (χ2n) is 6.68. The van der Waals surface area contributed by atoms with Crippen molar-refractivity contribution in [1.29, 1.82) is 0 Å². The highest BCUT2D eigenvalue weighted by Gasteiger charge is 1.90. The van der Waals surface area contributed by atoms with Crippen LogP contribution in [0.2, 0.25) is 0 Å². The SMILES string of the molecule is CC(C)C.CCCCCC(C)C.CCCCCCC. The summed E-state index contributed by atoms with van der Waals surface area (Å²) in [6, 6.07) is 0. The van der Waals surface area contributed by atoms with Gasteiger partial charge in [-0.25, -0.2) is 0 Å². The van der Waals surface area contributed by atoms with Gasteiger partial charge in [0.1, 0.15) is 0 Å². The highest BCUT2D eigenvalue weighted by atomic mass is 14.0. The van der Waals surface area contributed by atoms with Gasteiger partial charge in [0.2, 0.25) is 0 Å². The maximum absolute atomic E-state index is 2.29. The van der Waals surface area contributed by atoms with Crippen molar-refractivity contribution in [3.05, 3.63) is 0 Å². The van der Waals surface area contributed by atoms with Gasteiger partial charge in [0, 0.05) is 0 Å². The molecule has 0 amide bonds. The molecule has 19 heavy (non-hydrogen) atoms. The molecule has 0 aromatic heterocycles. The molecule has 0 aromatic rings. The molecule has 0 aromatic carbocycles. The molecule has 0 heterocycles. The monoisotopic (exact) mass is 272 g/mol. The van der Waals surface area contributed by atoms with Crippen molar-refractivity contribution in [3.8, 4) is 0 Å². The van der Waals surface area contributed by atoms with Crippen LogP contribution in [0.15, 0.2) is 0 Å². The summed E-state index contributed by atoms with van der Waals surface area (Å²) in [5.74, 6) is 1.74. The molecule has 0 fully saturated rings. The van der Waals surface area contributed by atoms with E-state index < -0.39 is 0 Å². The summed E-state index contributed by atoms with van der Waals surface area (Å²) in [7, 11) is 0. The lowest BCUT2D eigenvalue weighted by molar-refractivity contribution is 0.534. The molecule has 0 aliphatic carbocycles. The van der Waals surface area contributed by atoms with Gasteiger partial charge in [-0.05, 0) is 11.8 Å². The molecule has 0 saturated heterocycles. The van der Waals surface area contributed by atoms with Crippen LogP contribution in [0.3, 0.4) is 0 Å². The second-order valence-corrected chi connectivity index (χ2v) is 6.68. The van der Waals surface area contributed by atoms with Gasteiger partial charge in [-0.3, -0.25) is 0 Å². The molecule has 0 saturated carbocycles. The Morgan fingerprint density at radius 2 is 0.842 bits per heavy atom. The summed E-state index contributed by atoms with van der Waals surface area (Å²) in [5, 5.41) is 0. The van der Waals surface area contributed by atoms with E-state index in [1.165, 1.54) is 57.8 Å². The zero-order valence-corrected chi connectivity index (χ0v) is 15.5. The van der Waals surface area contributed by atoms with Gasteiger partial charge < -0.3 is 0 Å². The first-order valence-electron chi connectivity index (χ1n) is 8.92. The topological polar surface area (TPSA) is 0 Å². The van der Waals surface area contributed by atoms with Crippen molar-refractivity contribution in [3.63, 3.8) is 0 Å². The number of hydrogen-bond acceptors (Lipinski definition) is 0. The van der Waals surface area contributed by atoms with E-state index in [0.717, 1.165) is 11.8 Å². The average Bonchev–Trinajstić information content (AvgIpc) is 2.30. The van der Waals surface area contributed by atoms with Crippen molar-refractivity contribution in [2.24, 2.45) is 11.8 Å². The molecule has 0 rings (SSSR count). The number of rotatable bonds is 8. The fourth-order valence-corrected chi connectivity index (χ4v) is 1.48. The number of hydrogen-bond donors (Lipinski definition) is 0. The van der Waals surface area contributed by atoms with Crippen LogP contribution in [0.4, 0.5) is 0 Å². The molecule has 0 unspecified atom stereocenters. The van der Waals surface area contributed by atoms with Gasteiger partial charge in [-0.15, -0.1) is 0 Å². The Labute approximate surface area is 125 Å². The van der Waals surface area contributed by atoms with E-state index in [2.05, 4.69) is 55.4 Å². The molecule has 0 N–H and O–H groups in total. The smallest absolute Gasteiger partial charge is 0.0471 e. The Bertz CT molecular complexity index is 106. The third kappa shape index (κ3) is 56.9. The van der Waals surface area contributed by atoms with Crippen LogP contribution < -0.4 is 0 Å². The zero-order valence-electron chi connectivity index (χ0n) is 15.5. The minimum Gasteiger partial charge on any atom is -0.0654 e. The molecule has 0 atom stereocenters.